The van der Waals surface area contributed by atoms with Gasteiger partial charge in [-0.2, -0.15) is 9.90 Å². The molecule has 7 heteroatoms. The zero-order valence-corrected chi connectivity index (χ0v) is 12.0. The maximum Gasteiger partial charge on any atom is 0.196 e. The average Bonchev–Trinajstić information content (AvgIpc) is 2.94. The minimum Gasteiger partial charge on any atom is -0.316 e. The molecular weight excluding hydrogens is 242 g/mol. The van der Waals surface area contributed by atoms with Crippen LogP contribution in [0.5, 0.6) is 0 Å². The van der Waals surface area contributed by atoms with E-state index in [1.165, 1.54) is 16.1 Å². The molecule has 0 atom stereocenters. The fourth-order valence-corrected chi connectivity index (χ4v) is 2.30. The second kappa shape index (κ2) is 5.92. The zero-order valence-electron chi connectivity index (χ0n) is 12.0. The van der Waals surface area contributed by atoms with Gasteiger partial charge in [0.15, 0.2) is 5.82 Å². The van der Waals surface area contributed by atoms with E-state index in [1.807, 2.05) is 11.7 Å². The molecule has 0 fully saturated rings. The predicted molar refractivity (Wildman–Crippen MR) is 71.6 cm³/mol. The number of hydrogen-bond donors (Lipinski definition) is 1. The van der Waals surface area contributed by atoms with E-state index in [0.717, 1.165) is 25.1 Å². The van der Waals surface area contributed by atoms with Crippen LogP contribution >= 0.6 is 0 Å². The van der Waals surface area contributed by atoms with E-state index >= 15 is 0 Å². The number of rotatable bonds is 6. The molecule has 0 aromatic carbocycles. The zero-order chi connectivity index (χ0) is 13.8. The number of nitrogens with zero attached hydrogens (tertiary/aromatic N) is 6. The standard InChI is InChI=1S/C12H21N7/c1-5-10-9(7-13-3)11(6-2)19(15-10)8-12-14-17-18(4)16-12/h13H,5-8H2,1-4H3. The lowest BCUT2D eigenvalue weighted by Crippen LogP contribution is -2.11. The fourth-order valence-electron chi connectivity index (χ4n) is 2.30. The number of aryl methyl sites for hydroxylation is 2. The summed E-state index contributed by atoms with van der Waals surface area (Å²) in [5.41, 5.74) is 3.70. The molecule has 2 aromatic heterocycles. The van der Waals surface area contributed by atoms with Gasteiger partial charge in [0.2, 0.25) is 0 Å². The van der Waals surface area contributed by atoms with Crippen LogP contribution < -0.4 is 5.32 Å². The molecule has 19 heavy (non-hydrogen) atoms. The molecule has 104 valence electrons. The third kappa shape index (κ3) is 2.81. The topological polar surface area (TPSA) is 73.5 Å². The summed E-state index contributed by atoms with van der Waals surface area (Å²) in [4.78, 5) is 1.47. The van der Waals surface area contributed by atoms with Gasteiger partial charge >= 0.3 is 0 Å². The lowest BCUT2D eigenvalue weighted by atomic mass is 10.1. The van der Waals surface area contributed by atoms with Crippen LogP contribution in [0.25, 0.3) is 0 Å². The van der Waals surface area contributed by atoms with Gasteiger partial charge in [-0.05, 0) is 25.1 Å². The van der Waals surface area contributed by atoms with Gasteiger partial charge in [-0.15, -0.1) is 10.2 Å². The molecule has 2 heterocycles. The summed E-state index contributed by atoms with van der Waals surface area (Å²) in [6.07, 6.45) is 1.88. The minimum atomic E-state index is 0.577. The highest BCUT2D eigenvalue weighted by Crippen LogP contribution is 2.16. The number of tetrazole rings is 1. The predicted octanol–water partition coefficient (Wildman–Crippen LogP) is 0.299. The summed E-state index contributed by atoms with van der Waals surface area (Å²) in [6.45, 7) is 5.70. The quantitative estimate of drug-likeness (QED) is 0.811. The van der Waals surface area contributed by atoms with E-state index in [4.69, 9.17) is 0 Å². The van der Waals surface area contributed by atoms with Crippen molar-refractivity contribution in [1.29, 1.82) is 0 Å². The Hall–Kier alpha value is -1.76. The molecule has 0 aliphatic rings. The van der Waals surface area contributed by atoms with Crippen LogP contribution in [0.4, 0.5) is 0 Å². The molecule has 2 rings (SSSR count). The molecule has 1 N–H and O–H groups in total. The Labute approximate surface area is 113 Å². The van der Waals surface area contributed by atoms with Gasteiger partial charge in [-0.3, -0.25) is 4.68 Å². The molecule has 2 aromatic rings. The van der Waals surface area contributed by atoms with Gasteiger partial charge in [-0.25, -0.2) is 0 Å². The molecule has 0 amide bonds. The highest BCUT2D eigenvalue weighted by Gasteiger charge is 2.16. The van der Waals surface area contributed by atoms with Crippen molar-refractivity contribution in [2.45, 2.75) is 39.8 Å². The Morgan fingerprint density at radius 1 is 1.16 bits per heavy atom. The first kappa shape index (κ1) is 13.7. The maximum atomic E-state index is 4.68. The van der Waals surface area contributed by atoms with Crippen molar-refractivity contribution in [3.8, 4) is 0 Å². The van der Waals surface area contributed by atoms with Gasteiger partial charge in [0.1, 0.15) is 6.54 Å². The molecule has 7 nitrogen and oxygen atoms in total. The van der Waals surface area contributed by atoms with E-state index in [-0.39, 0.29) is 0 Å². The Morgan fingerprint density at radius 3 is 2.47 bits per heavy atom. The van der Waals surface area contributed by atoms with E-state index < -0.39 is 0 Å². The van der Waals surface area contributed by atoms with Crippen molar-refractivity contribution in [3.63, 3.8) is 0 Å². The second-order valence-electron chi connectivity index (χ2n) is 4.46. The maximum absolute atomic E-state index is 4.68. The first-order chi connectivity index (χ1) is 9.19. The number of aromatic nitrogens is 6. The highest BCUT2D eigenvalue weighted by molar-refractivity contribution is 5.27. The fraction of sp³-hybridized carbons (Fsp3) is 0.667. The first-order valence-corrected chi connectivity index (χ1v) is 6.64. The smallest absolute Gasteiger partial charge is 0.196 e. The molecule has 0 saturated carbocycles. The first-order valence-electron chi connectivity index (χ1n) is 6.64. The Balaban J connectivity index is 2.33. The number of nitrogens with one attached hydrogen (secondary N) is 1. The van der Waals surface area contributed by atoms with E-state index in [9.17, 15) is 0 Å². The van der Waals surface area contributed by atoms with Crippen molar-refractivity contribution < 1.29 is 0 Å². The van der Waals surface area contributed by atoms with Gasteiger partial charge in [-0.1, -0.05) is 13.8 Å². The minimum absolute atomic E-state index is 0.577. The third-order valence-electron chi connectivity index (χ3n) is 3.11. The van der Waals surface area contributed by atoms with E-state index in [0.29, 0.717) is 12.4 Å². The van der Waals surface area contributed by atoms with Gasteiger partial charge < -0.3 is 5.32 Å². The van der Waals surface area contributed by atoms with Crippen molar-refractivity contribution in [1.82, 2.24) is 35.3 Å². The van der Waals surface area contributed by atoms with Crippen molar-refractivity contribution in [2.24, 2.45) is 7.05 Å². The van der Waals surface area contributed by atoms with E-state index in [2.05, 4.69) is 39.7 Å². The summed E-state index contributed by atoms with van der Waals surface area (Å²) in [7, 11) is 3.73. The van der Waals surface area contributed by atoms with Crippen molar-refractivity contribution >= 4 is 0 Å². The average molecular weight is 263 g/mol. The lowest BCUT2D eigenvalue weighted by molar-refractivity contribution is 0.601. The number of hydrogen-bond acceptors (Lipinski definition) is 5. The van der Waals surface area contributed by atoms with Crippen LogP contribution in [0.15, 0.2) is 0 Å². The highest BCUT2D eigenvalue weighted by atomic mass is 15.6. The van der Waals surface area contributed by atoms with Gasteiger partial charge in [0, 0.05) is 17.8 Å². The molecule has 0 aliphatic heterocycles. The van der Waals surface area contributed by atoms with Crippen LogP contribution in [0.1, 0.15) is 36.6 Å². The molecule has 0 radical (unpaired) electrons. The van der Waals surface area contributed by atoms with Crippen LogP contribution in [0, 0.1) is 0 Å². The summed E-state index contributed by atoms with van der Waals surface area (Å²) >= 11 is 0. The second-order valence-corrected chi connectivity index (χ2v) is 4.46. The largest absolute Gasteiger partial charge is 0.316 e. The van der Waals surface area contributed by atoms with Crippen LogP contribution in [0.3, 0.4) is 0 Å². The van der Waals surface area contributed by atoms with Crippen molar-refractivity contribution in [3.05, 3.63) is 22.8 Å². The van der Waals surface area contributed by atoms with Gasteiger partial charge in [0.25, 0.3) is 0 Å². The molecule has 0 unspecified atom stereocenters. The molecular formula is C12H21N7. The van der Waals surface area contributed by atoms with Crippen molar-refractivity contribution in [2.75, 3.05) is 7.05 Å². The summed E-state index contributed by atoms with van der Waals surface area (Å²) in [6, 6.07) is 0. The lowest BCUT2D eigenvalue weighted by Gasteiger charge is -2.05. The molecule has 0 bridgehead atoms. The van der Waals surface area contributed by atoms with Crippen LogP contribution in [-0.4, -0.2) is 37.0 Å². The summed E-state index contributed by atoms with van der Waals surface area (Å²) < 4.78 is 2.00. The Bertz CT molecular complexity index is 540. The summed E-state index contributed by atoms with van der Waals surface area (Å²) in [5.74, 6) is 0.693. The molecule has 0 spiro atoms. The summed E-state index contributed by atoms with van der Waals surface area (Å²) in [5, 5.41) is 20.0. The third-order valence-corrected chi connectivity index (χ3v) is 3.11. The molecule has 0 saturated heterocycles. The molecule has 0 aliphatic carbocycles. The normalized spacial score (nSPS) is 11.2. The van der Waals surface area contributed by atoms with Crippen LogP contribution in [0.2, 0.25) is 0 Å². The Morgan fingerprint density at radius 2 is 1.95 bits per heavy atom. The Kier molecular flexibility index (Phi) is 4.26. The van der Waals surface area contributed by atoms with E-state index in [1.54, 1.807) is 7.05 Å². The SMILES string of the molecule is CCc1nn(Cc2nnn(C)n2)c(CC)c1CNC. The van der Waals surface area contributed by atoms with Gasteiger partial charge in [0.05, 0.1) is 12.7 Å². The van der Waals surface area contributed by atoms with Crippen LogP contribution in [-0.2, 0) is 33.0 Å². The monoisotopic (exact) mass is 263 g/mol.